The van der Waals surface area contributed by atoms with E-state index in [0.29, 0.717) is 18.7 Å². The molecule has 1 aromatic heterocycles. The van der Waals surface area contributed by atoms with Crippen molar-refractivity contribution in [1.82, 2.24) is 10.3 Å². The predicted octanol–water partition coefficient (Wildman–Crippen LogP) is 3.45. The van der Waals surface area contributed by atoms with Gasteiger partial charge in [-0.1, -0.05) is 12.1 Å². The average molecular weight is 393 g/mol. The quantitative estimate of drug-likeness (QED) is 0.644. The molecule has 0 bridgehead atoms. The second kappa shape index (κ2) is 9.45. The molecule has 0 aliphatic heterocycles. The van der Waals surface area contributed by atoms with Crippen molar-refractivity contribution in [1.29, 1.82) is 0 Å². The van der Waals surface area contributed by atoms with Crippen LogP contribution in [0.25, 0.3) is 0 Å². The van der Waals surface area contributed by atoms with Crippen LogP contribution in [0.4, 0.5) is 10.1 Å². The Labute approximate surface area is 167 Å². The Kier molecular flexibility index (Phi) is 6.52. The number of nitrogens with zero attached hydrogens (tertiary/aromatic N) is 1. The van der Waals surface area contributed by atoms with E-state index < -0.39 is 5.91 Å². The van der Waals surface area contributed by atoms with Crippen LogP contribution in [0.2, 0.25) is 0 Å². The van der Waals surface area contributed by atoms with Gasteiger partial charge in [-0.15, -0.1) is 0 Å². The van der Waals surface area contributed by atoms with Gasteiger partial charge in [0.05, 0.1) is 7.11 Å². The fourth-order valence-corrected chi connectivity index (χ4v) is 2.64. The normalized spacial score (nSPS) is 10.3. The summed E-state index contributed by atoms with van der Waals surface area (Å²) in [6, 6.07) is 15.9. The first-order valence-electron chi connectivity index (χ1n) is 8.99. The summed E-state index contributed by atoms with van der Waals surface area (Å²) >= 11 is 0. The van der Waals surface area contributed by atoms with Crippen molar-refractivity contribution in [2.45, 2.75) is 6.42 Å². The Morgan fingerprint density at radius 1 is 1.00 bits per heavy atom. The lowest BCUT2D eigenvalue weighted by atomic mass is 10.1. The largest absolute Gasteiger partial charge is 0.497 e. The van der Waals surface area contributed by atoms with Gasteiger partial charge in [0.2, 0.25) is 0 Å². The lowest BCUT2D eigenvalue weighted by Gasteiger charge is -2.08. The molecule has 148 valence electrons. The summed E-state index contributed by atoms with van der Waals surface area (Å²) in [5.41, 5.74) is 1.95. The van der Waals surface area contributed by atoms with Crippen molar-refractivity contribution < 1.29 is 18.7 Å². The number of hydrogen-bond donors (Lipinski definition) is 2. The number of benzene rings is 2. The summed E-state index contributed by atoms with van der Waals surface area (Å²) in [5, 5.41) is 5.44. The van der Waals surface area contributed by atoms with Gasteiger partial charge in [0.15, 0.2) is 0 Å². The van der Waals surface area contributed by atoms with Gasteiger partial charge in [0.1, 0.15) is 17.3 Å². The molecule has 0 aliphatic carbocycles. The van der Waals surface area contributed by atoms with Gasteiger partial charge in [-0.3, -0.25) is 14.6 Å². The summed E-state index contributed by atoms with van der Waals surface area (Å²) < 4.78 is 18.1. The summed E-state index contributed by atoms with van der Waals surface area (Å²) in [4.78, 5) is 28.7. The van der Waals surface area contributed by atoms with Crippen LogP contribution in [0, 0.1) is 5.82 Å². The third kappa shape index (κ3) is 5.62. The van der Waals surface area contributed by atoms with E-state index in [0.717, 1.165) is 11.3 Å². The molecule has 2 N–H and O–H groups in total. The molecule has 0 saturated carbocycles. The lowest BCUT2D eigenvalue weighted by Crippen LogP contribution is -2.27. The molecule has 0 spiro atoms. The molecule has 0 saturated heterocycles. The molecule has 1 heterocycles. The van der Waals surface area contributed by atoms with Crippen LogP contribution < -0.4 is 15.4 Å². The number of methoxy groups -OCH3 is 1. The van der Waals surface area contributed by atoms with Crippen LogP contribution >= 0.6 is 0 Å². The SMILES string of the molecule is COc1ccc(CCNC(=O)c2cc(C(=O)Nc3ccc(F)cc3)ccn2)cc1. The van der Waals surface area contributed by atoms with Gasteiger partial charge in [-0.25, -0.2) is 4.39 Å². The number of carbonyl (C=O) groups excluding carboxylic acids is 2. The van der Waals surface area contributed by atoms with E-state index in [-0.39, 0.29) is 23.0 Å². The van der Waals surface area contributed by atoms with E-state index in [2.05, 4.69) is 15.6 Å². The molecular formula is C22H20FN3O3. The van der Waals surface area contributed by atoms with Gasteiger partial charge >= 0.3 is 0 Å². The summed E-state index contributed by atoms with van der Waals surface area (Å²) in [6.45, 7) is 0.429. The van der Waals surface area contributed by atoms with Crippen molar-refractivity contribution in [2.24, 2.45) is 0 Å². The topological polar surface area (TPSA) is 80.3 Å². The predicted molar refractivity (Wildman–Crippen MR) is 108 cm³/mol. The highest BCUT2D eigenvalue weighted by Gasteiger charge is 2.12. The van der Waals surface area contributed by atoms with Gasteiger partial charge < -0.3 is 15.4 Å². The molecule has 0 radical (unpaired) electrons. The minimum absolute atomic E-state index is 0.145. The van der Waals surface area contributed by atoms with E-state index in [1.165, 1.54) is 42.6 Å². The maximum atomic E-state index is 13.0. The first-order chi connectivity index (χ1) is 14.0. The zero-order valence-electron chi connectivity index (χ0n) is 15.8. The number of anilines is 1. The first kappa shape index (κ1) is 20.0. The fourth-order valence-electron chi connectivity index (χ4n) is 2.64. The second-order valence-electron chi connectivity index (χ2n) is 6.24. The number of amides is 2. The van der Waals surface area contributed by atoms with Crippen LogP contribution in [0.1, 0.15) is 26.4 Å². The third-order valence-electron chi connectivity index (χ3n) is 4.22. The minimum Gasteiger partial charge on any atom is -0.497 e. The van der Waals surface area contributed by atoms with E-state index in [9.17, 15) is 14.0 Å². The van der Waals surface area contributed by atoms with Crippen LogP contribution in [0.5, 0.6) is 5.75 Å². The standard InChI is InChI=1S/C22H20FN3O3/c1-29-19-8-2-15(3-9-19)10-12-25-22(28)20-14-16(11-13-24-20)21(27)26-18-6-4-17(23)5-7-18/h2-9,11,13-14H,10,12H2,1H3,(H,25,28)(H,26,27). The molecule has 0 atom stereocenters. The molecule has 3 rings (SSSR count). The van der Waals surface area contributed by atoms with Gasteiger partial charge in [0.25, 0.3) is 11.8 Å². The van der Waals surface area contributed by atoms with Gasteiger partial charge in [0, 0.05) is 24.0 Å². The molecule has 6 nitrogen and oxygen atoms in total. The highest BCUT2D eigenvalue weighted by atomic mass is 19.1. The lowest BCUT2D eigenvalue weighted by molar-refractivity contribution is 0.0949. The Balaban J connectivity index is 1.56. The number of ether oxygens (including phenoxy) is 1. The highest BCUT2D eigenvalue weighted by Crippen LogP contribution is 2.12. The Hall–Kier alpha value is -3.74. The molecule has 0 unspecified atom stereocenters. The van der Waals surface area contributed by atoms with Gasteiger partial charge in [-0.2, -0.15) is 0 Å². The maximum absolute atomic E-state index is 13.0. The molecule has 29 heavy (non-hydrogen) atoms. The molecule has 2 aromatic carbocycles. The van der Waals surface area contributed by atoms with Gasteiger partial charge in [-0.05, 0) is 60.5 Å². The summed E-state index contributed by atoms with van der Waals surface area (Å²) in [7, 11) is 1.61. The number of aromatic nitrogens is 1. The highest BCUT2D eigenvalue weighted by molar-refractivity contribution is 6.05. The van der Waals surface area contributed by atoms with Crippen LogP contribution in [0.15, 0.2) is 66.9 Å². The van der Waals surface area contributed by atoms with Crippen molar-refractivity contribution in [3.8, 4) is 5.75 Å². The van der Waals surface area contributed by atoms with Crippen molar-refractivity contribution >= 4 is 17.5 Å². The smallest absolute Gasteiger partial charge is 0.269 e. The summed E-state index contributed by atoms with van der Waals surface area (Å²) in [5.74, 6) is -0.389. The number of nitrogens with one attached hydrogen (secondary N) is 2. The number of pyridine rings is 1. The molecule has 0 fully saturated rings. The molecule has 2 amide bonds. The van der Waals surface area contributed by atoms with E-state index in [4.69, 9.17) is 4.74 Å². The number of carbonyl (C=O) groups is 2. The Morgan fingerprint density at radius 3 is 2.41 bits per heavy atom. The second-order valence-corrected chi connectivity index (χ2v) is 6.24. The number of hydrogen-bond acceptors (Lipinski definition) is 4. The number of rotatable bonds is 7. The average Bonchev–Trinajstić information content (AvgIpc) is 2.76. The van der Waals surface area contributed by atoms with E-state index in [1.54, 1.807) is 7.11 Å². The fraction of sp³-hybridized carbons (Fsp3) is 0.136. The first-order valence-corrected chi connectivity index (χ1v) is 8.99. The zero-order valence-corrected chi connectivity index (χ0v) is 15.8. The zero-order chi connectivity index (χ0) is 20.6. The van der Waals surface area contributed by atoms with Crippen molar-refractivity contribution in [3.63, 3.8) is 0 Å². The molecule has 3 aromatic rings. The third-order valence-corrected chi connectivity index (χ3v) is 4.22. The van der Waals surface area contributed by atoms with Crippen molar-refractivity contribution in [3.05, 3.63) is 89.5 Å². The minimum atomic E-state index is -0.411. The van der Waals surface area contributed by atoms with Crippen molar-refractivity contribution in [2.75, 3.05) is 19.0 Å². The Bertz CT molecular complexity index is 989. The Morgan fingerprint density at radius 2 is 1.72 bits per heavy atom. The summed E-state index contributed by atoms with van der Waals surface area (Å²) in [6.07, 6.45) is 2.05. The molecular weight excluding hydrogens is 373 g/mol. The molecule has 7 heteroatoms. The van der Waals surface area contributed by atoms with Crippen LogP contribution in [0.3, 0.4) is 0 Å². The van der Waals surface area contributed by atoms with E-state index >= 15 is 0 Å². The monoisotopic (exact) mass is 393 g/mol. The van der Waals surface area contributed by atoms with E-state index in [1.807, 2.05) is 24.3 Å². The van der Waals surface area contributed by atoms with Crippen LogP contribution in [-0.4, -0.2) is 30.5 Å². The molecule has 0 aliphatic rings. The maximum Gasteiger partial charge on any atom is 0.269 e. The number of halogens is 1. The van der Waals surface area contributed by atoms with Crippen LogP contribution in [-0.2, 0) is 6.42 Å².